The number of carboxylic acid groups (broad SMARTS) is 1. The van der Waals surface area contributed by atoms with Gasteiger partial charge in [0, 0.05) is 12.3 Å². The van der Waals surface area contributed by atoms with Gasteiger partial charge in [0.1, 0.15) is 6.10 Å². The van der Waals surface area contributed by atoms with Gasteiger partial charge in [0.2, 0.25) is 0 Å². The first kappa shape index (κ1) is 10.5. The molecule has 2 rings (SSSR count). The van der Waals surface area contributed by atoms with Crippen molar-refractivity contribution in [2.75, 3.05) is 6.54 Å². The van der Waals surface area contributed by atoms with E-state index in [1.165, 1.54) is 25.7 Å². The van der Waals surface area contributed by atoms with E-state index in [9.17, 15) is 4.79 Å². The maximum atomic E-state index is 10.4. The van der Waals surface area contributed by atoms with Crippen LogP contribution in [0, 0.1) is 5.92 Å². The Hall–Kier alpha value is -1.06. The van der Waals surface area contributed by atoms with Crippen molar-refractivity contribution in [3.05, 3.63) is 0 Å². The summed E-state index contributed by atoms with van der Waals surface area (Å²) >= 11 is 0. The maximum absolute atomic E-state index is 10.4. The molecule has 84 valence electrons. The summed E-state index contributed by atoms with van der Waals surface area (Å²) in [6.45, 7) is 0.652. The lowest BCUT2D eigenvalue weighted by Gasteiger charge is -2.13. The Kier molecular flexibility index (Phi) is 3.23. The molecule has 1 N–H and O–H groups in total. The smallest absolute Gasteiger partial charge is 0.303 e. The number of carboxylic acids is 1. The Labute approximate surface area is 89.3 Å². The van der Waals surface area contributed by atoms with Crippen LogP contribution in [0.4, 0.5) is 0 Å². The molecule has 0 radical (unpaired) electrons. The zero-order chi connectivity index (χ0) is 10.7. The van der Waals surface area contributed by atoms with Gasteiger partial charge in [-0.3, -0.25) is 9.79 Å². The first-order valence-corrected chi connectivity index (χ1v) is 5.68. The molecule has 0 spiro atoms. The van der Waals surface area contributed by atoms with E-state index in [1.807, 2.05) is 0 Å². The molecule has 0 saturated heterocycles. The molecule has 0 amide bonds. The van der Waals surface area contributed by atoms with E-state index in [-0.39, 0.29) is 12.5 Å². The van der Waals surface area contributed by atoms with Gasteiger partial charge >= 0.3 is 5.97 Å². The minimum absolute atomic E-state index is 0.0108. The summed E-state index contributed by atoms with van der Waals surface area (Å²) in [5, 5.41) is 8.56. The van der Waals surface area contributed by atoms with E-state index in [0.717, 1.165) is 5.90 Å². The number of hydrogen-bond donors (Lipinski definition) is 1. The highest BCUT2D eigenvalue weighted by Gasteiger charge is 2.28. The molecular weight excluding hydrogens is 194 g/mol. The second kappa shape index (κ2) is 4.64. The van der Waals surface area contributed by atoms with E-state index in [2.05, 4.69) is 4.99 Å². The summed E-state index contributed by atoms with van der Waals surface area (Å²) in [4.78, 5) is 14.8. The fourth-order valence-electron chi connectivity index (χ4n) is 2.27. The molecule has 0 aromatic heterocycles. The van der Waals surface area contributed by atoms with Crippen LogP contribution in [0.1, 0.15) is 38.5 Å². The van der Waals surface area contributed by atoms with Gasteiger partial charge < -0.3 is 9.84 Å². The molecule has 1 atom stereocenters. The Morgan fingerprint density at radius 1 is 1.47 bits per heavy atom. The van der Waals surface area contributed by atoms with Gasteiger partial charge in [-0.2, -0.15) is 0 Å². The quantitative estimate of drug-likeness (QED) is 0.771. The zero-order valence-corrected chi connectivity index (χ0v) is 8.82. The minimum atomic E-state index is -0.757. The summed E-state index contributed by atoms with van der Waals surface area (Å²) < 4.78 is 5.68. The summed E-state index contributed by atoms with van der Waals surface area (Å²) in [5.41, 5.74) is 0. The number of ether oxygens (including phenoxy) is 1. The highest BCUT2D eigenvalue weighted by Crippen LogP contribution is 2.29. The third-order valence-electron chi connectivity index (χ3n) is 3.12. The molecule has 2 aliphatic rings. The molecule has 1 heterocycles. The van der Waals surface area contributed by atoms with Gasteiger partial charge in [-0.1, -0.05) is 12.8 Å². The third kappa shape index (κ3) is 2.70. The van der Waals surface area contributed by atoms with Gasteiger partial charge in [0.25, 0.3) is 0 Å². The van der Waals surface area contributed by atoms with Crippen molar-refractivity contribution < 1.29 is 14.6 Å². The van der Waals surface area contributed by atoms with Crippen molar-refractivity contribution in [1.82, 2.24) is 0 Å². The van der Waals surface area contributed by atoms with E-state index in [1.54, 1.807) is 0 Å². The van der Waals surface area contributed by atoms with Crippen LogP contribution >= 0.6 is 0 Å². The van der Waals surface area contributed by atoms with Crippen molar-refractivity contribution in [1.29, 1.82) is 0 Å². The number of hydrogen-bond acceptors (Lipinski definition) is 3. The molecule has 0 aromatic carbocycles. The molecule has 1 aliphatic heterocycles. The van der Waals surface area contributed by atoms with Gasteiger partial charge in [0.05, 0.1) is 6.54 Å². The Morgan fingerprint density at radius 3 is 2.87 bits per heavy atom. The highest BCUT2D eigenvalue weighted by atomic mass is 16.5. The van der Waals surface area contributed by atoms with Crippen molar-refractivity contribution in [3.8, 4) is 0 Å². The molecule has 0 aromatic rings. The summed E-state index contributed by atoms with van der Waals surface area (Å²) in [5.74, 6) is 0.649. The van der Waals surface area contributed by atoms with Crippen LogP contribution in [0.2, 0.25) is 0 Å². The number of aliphatic carboxylic acids is 1. The summed E-state index contributed by atoms with van der Waals surface area (Å²) in [6.07, 6.45) is 5.68. The first-order chi connectivity index (χ1) is 7.25. The standard InChI is InChI=1S/C11H17NO3/c13-10(14)6-5-9-7-12-11(15-9)8-3-1-2-4-8/h8-9H,1-7H2,(H,13,14). The van der Waals surface area contributed by atoms with Gasteiger partial charge in [0.15, 0.2) is 5.90 Å². The fraction of sp³-hybridized carbons (Fsp3) is 0.818. The predicted molar refractivity (Wildman–Crippen MR) is 56.0 cm³/mol. The van der Waals surface area contributed by atoms with Crippen LogP contribution in [-0.2, 0) is 9.53 Å². The topological polar surface area (TPSA) is 58.9 Å². The van der Waals surface area contributed by atoms with Crippen molar-refractivity contribution in [2.24, 2.45) is 10.9 Å². The van der Waals surface area contributed by atoms with Crippen LogP contribution in [-0.4, -0.2) is 29.6 Å². The average molecular weight is 211 g/mol. The molecule has 1 fully saturated rings. The Balaban J connectivity index is 1.75. The lowest BCUT2D eigenvalue weighted by atomic mass is 10.1. The predicted octanol–water partition coefficient (Wildman–Crippen LogP) is 1.84. The van der Waals surface area contributed by atoms with Gasteiger partial charge in [-0.15, -0.1) is 0 Å². The lowest BCUT2D eigenvalue weighted by molar-refractivity contribution is -0.137. The molecule has 4 nitrogen and oxygen atoms in total. The van der Waals surface area contributed by atoms with E-state index in [0.29, 0.717) is 18.9 Å². The first-order valence-electron chi connectivity index (χ1n) is 5.68. The molecule has 1 saturated carbocycles. The largest absolute Gasteiger partial charge is 0.481 e. The molecule has 4 heteroatoms. The number of aliphatic imine (C=N–C) groups is 1. The summed E-state index contributed by atoms with van der Waals surface area (Å²) in [6, 6.07) is 0. The van der Waals surface area contributed by atoms with Crippen LogP contribution < -0.4 is 0 Å². The highest BCUT2D eigenvalue weighted by molar-refractivity contribution is 5.80. The summed E-state index contributed by atoms with van der Waals surface area (Å²) in [7, 11) is 0. The number of rotatable bonds is 4. The van der Waals surface area contributed by atoms with Crippen molar-refractivity contribution in [2.45, 2.75) is 44.6 Å². The van der Waals surface area contributed by atoms with Gasteiger partial charge in [-0.25, -0.2) is 0 Å². The third-order valence-corrected chi connectivity index (χ3v) is 3.12. The van der Waals surface area contributed by atoms with E-state index >= 15 is 0 Å². The Bertz CT molecular complexity index is 269. The van der Waals surface area contributed by atoms with Crippen LogP contribution in [0.5, 0.6) is 0 Å². The molecule has 15 heavy (non-hydrogen) atoms. The monoisotopic (exact) mass is 211 g/mol. The normalized spacial score (nSPS) is 26.4. The van der Waals surface area contributed by atoms with Crippen LogP contribution in [0.3, 0.4) is 0 Å². The number of nitrogens with zero attached hydrogens (tertiary/aromatic N) is 1. The molecule has 1 unspecified atom stereocenters. The van der Waals surface area contributed by atoms with Gasteiger partial charge in [-0.05, 0) is 19.3 Å². The SMILES string of the molecule is O=C(O)CCC1CN=C(C2CCCC2)O1. The van der Waals surface area contributed by atoms with Crippen LogP contribution in [0.25, 0.3) is 0 Å². The average Bonchev–Trinajstić information content (AvgIpc) is 2.85. The second-order valence-corrected chi connectivity index (χ2v) is 4.33. The minimum Gasteiger partial charge on any atom is -0.481 e. The zero-order valence-electron chi connectivity index (χ0n) is 8.82. The van der Waals surface area contributed by atoms with Crippen molar-refractivity contribution >= 4 is 11.9 Å². The lowest BCUT2D eigenvalue weighted by Crippen LogP contribution is -2.18. The molecular formula is C11H17NO3. The fourth-order valence-corrected chi connectivity index (χ4v) is 2.27. The van der Waals surface area contributed by atoms with Crippen molar-refractivity contribution in [3.63, 3.8) is 0 Å². The van der Waals surface area contributed by atoms with Crippen LogP contribution in [0.15, 0.2) is 4.99 Å². The van der Waals surface area contributed by atoms with E-state index in [4.69, 9.17) is 9.84 Å². The second-order valence-electron chi connectivity index (χ2n) is 4.33. The maximum Gasteiger partial charge on any atom is 0.303 e. The molecule has 1 aliphatic carbocycles. The molecule has 0 bridgehead atoms. The van der Waals surface area contributed by atoms with E-state index < -0.39 is 5.97 Å². The Morgan fingerprint density at radius 2 is 2.20 bits per heavy atom. The number of carbonyl (C=O) groups is 1.